The fourth-order valence-electron chi connectivity index (χ4n) is 1.44. The van der Waals surface area contributed by atoms with Crippen LogP contribution >= 0.6 is 11.6 Å². The summed E-state index contributed by atoms with van der Waals surface area (Å²) in [4.78, 5) is 4.31. The van der Waals surface area contributed by atoms with Gasteiger partial charge in [0, 0.05) is 23.5 Å². The molecule has 0 amide bonds. The summed E-state index contributed by atoms with van der Waals surface area (Å²) in [5.41, 5.74) is 8.56. The van der Waals surface area contributed by atoms with Crippen molar-refractivity contribution in [3.8, 4) is 0 Å². The first-order chi connectivity index (χ1) is 8.28. The SMILES string of the molecule is NCc1ccc(CNc2ccc(Cl)cc2)nc1. The van der Waals surface area contributed by atoms with Gasteiger partial charge in [-0.1, -0.05) is 17.7 Å². The topological polar surface area (TPSA) is 50.9 Å². The molecule has 0 aliphatic heterocycles. The van der Waals surface area contributed by atoms with Crippen molar-refractivity contribution in [3.63, 3.8) is 0 Å². The minimum atomic E-state index is 0.526. The smallest absolute Gasteiger partial charge is 0.0594 e. The Morgan fingerprint density at radius 3 is 2.47 bits per heavy atom. The molecule has 2 rings (SSSR count). The highest BCUT2D eigenvalue weighted by Gasteiger charge is 1.96. The Kier molecular flexibility index (Phi) is 3.96. The van der Waals surface area contributed by atoms with Gasteiger partial charge in [-0.2, -0.15) is 0 Å². The maximum absolute atomic E-state index is 5.81. The van der Waals surface area contributed by atoms with E-state index in [0.29, 0.717) is 13.1 Å². The number of hydrogen-bond acceptors (Lipinski definition) is 3. The van der Waals surface area contributed by atoms with Gasteiger partial charge in [-0.3, -0.25) is 4.98 Å². The summed E-state index contributed by atoms with van der Waals surface area (Å²) in [5, 5.41) is 4.01. The average Bonchev–Trinajstić information content (AvgIpc) is 2.39. The van der Waals surface area contributed by atoms with Crippen molar-refractivity contribution in [1.29, 1.82) is 0 Å². The summed E-state index contributed by atoms with van der Waals surface area (Å²) in [5.74, 6) is 0. The normalized spacial score (nSPS) is 10.2. The second-order valence-corrected chi connectivity index (χ2v) is 4.16. The van der Waals surface area contributed by atoms with E-state index in [1.807, 2.05) is 36.4 Å². The first-order valence-corrected chi connectivity index (χ1v) is 5.79. The molecule has 17 heavy (non-hydrogen) atoms. The molecule has 0 fully saturated rings. The number of anilines is 1. The summed E-state index contributed by atoms with van der Waals surface area (Å²) in [7, 11) is 0. The maximum Gasteiger partial charge on any atom is 0.0594 e. The van der Waals surface area contributed by atoms with Crippen molar-refractivity contribution in [2.24, 2.45) is 5.73 Å². The summed E-state index contributed by atoms with van der Waals surface area (Å²) in [6, 6.07) is 11.6. The number of halogens is 1. The van der Waals surface area contributed by atoms with E-state index in [0.717, 1.165) is 22.0 Å². The summed E-state index contributed by atoms with van der Waals surface area (Å²) < 4.78 is 0. The molecule has 1 aromatic carbocycles. The number of aromatic nitrogens is 1. The van der Waals surface area contributed by atoms with Crippen LogP contribution in [0.4, 0.5) is 5.69 Å². The molecule has 0 unspecified atom stereocenters. The second kappa shape index (κ2) is 5.66. The Morgan fingerprint density at radius 2 is 1.88 bits per heavy atom. The first-order valence-electron chi connectivity index (χ1n) is 5.41. The highest BCUT2D eigenvalue weighted by Crippen LogP contribution is 2.14. The van der Waals surface area contributed by atoms with Gasteiger partial charge >= 0.3 is 0 Å². The third-order valence-electron chi connectivity index (χ3n) is 2.44. The molecule has 0 spiro atoms. The van der Waals surface area contributed by atoms with Gasteiger partial charge in [0.2, 0.25) is 0 Å². The van der Waals surface area contributed by atoms with Gasteiger partial charge in [-0.15, -0.1) is 0 Å². The van der Waals surface area contributed by atoms with E-state index in [1.54, 1.807) is 6.20 Å². The number of nitrogens with two attached hydrogens (primary N) is 1. The van der Waals surface area contributed by atoms with Crippen molar-refractivity contribution in [3.05, 3.63) is 58.9 Å². The Labute approximate surface area is 106 Å². The van der Waals surface area contributed by atoms with E-state index in [2.05, 4.69) is 10.3 Å². The quantitative estimate of drug-likeness (QED) is 0.874. The van der Waals surface area contributed by atoms with Crippen molar-refractivity contribution in [1.82, 2.24) is 4.98 Å². The summed E-state index contributed by atoms with van der Waals surface area (Å²) in [6.45, 7) is 1.21. The van der Waals surface area contributed by atoms with E-state index in [4.69, 9.17) is 17.3 Å². The van der Waals surface area contributed by atoms with Gasteiger partial charge in [0.1, 0.15) is 0 Å². The van der Waals surface area contributed by atoms with Gasteiger partial charge in [-0.25, -0.2) is 0 Å². The monoisotopic (exact) mass is 247 g/mol. The molecule has 2 aromatic rings. The van der Waals surface area contributed by atoms with Gasteiger partial charge in [-0.05, 0) is 35.9 Å². The van der Waals surface area contributed by atoms with Gasteiger partial charge in [0.15, 0.2) is 0 Å². The van der Waals surface area contributed by atoms with Crippen LogP contribution in [0.25, 0.3) is 0 Å². The fraction of sp³-hybridized carbons (Fsp3) is 0.154. The van der Waals surface area contributed by atoms with Crippen LogP contribution in [0.1, 0.15) is 11.3 Å². The van der Waals surface area contributed by atoms with Crippen LogP contribution in [-0.2, 0) is 13.1 Å². The van der Waals surface area contributed by atoms with Crippen molar-refractivity contribution in [2.45, 2.75) is 13.1 Å². The molecule has 0 saturated heterocycles. The highest BCUT2D eigenvalue weighted by molar-refractivity contribution is 6.30. The molecule has 0 radical (unpaired) electrons. The minimum absolute atomic E-state index is 0.526. The van der Waals surface area contributed by atoms with E-state index in [9.17, 15) is 0 Å². The van der Waals surface area contributed by atoms with Crippen LogP contribution < -0.4 is 11.1 Å². The zero-order chi connectivity index (χ0) is 12.1. The van der Waals surface area contributed by atoms with Crippen LogP contribution in [0.2, 0.25) is 5.02 Å². The van der Waals surface area contributed by atoms with E-state index < -0.39 is 0 Å². The Morgan fingerprint density at radius 1 is 1.12 bits per heavy atom. The van der Waals surface area contributed by atoms with Gasteiger partial charge in [0.25, 0.3) is 0 Å². The average molecular weight is 248 g/mol. The number of rotatable bonds is 4. The second-order valence-electron chi connectivity index (χ2n) is 3.72. The molecular formula is C13H14ClN3. The van der Waals surface area contributed by atoms with E-state index in [1.165, 1.54) is 0 Å². The maximum atomic E-state index is 5.81. The zero-order valence-electron chi connectivity index (χ0n) is 9.36. The molecule has 3 N–H and O–H groups in total. The molecular weight excluding hydrogens is 234 g/mol. The van der Waals surface area contributed by atoms with Crippen LogP contribution in [0, 0.1) is 0 Å². The molecule has 88 valence electrons. The van der Waals surface area contributed by atoms with Crippen LogP contribution in [0.3, 0.4) is 0 Å². The minimum Gasteiger partial charge on any atom is -0.379 e. The predicted molar refractivity (Wildman–Crippen MR) is 70.9 cm³/mol. The first kappa shape index (κ1) is 11.9. The Balaban J connectivity index is 1.95. The Hall–Kier alpha value is -1.58. The molecule has 0 aliphatic rings. The zero-order valence-corrected chi connectivity index (χ0v) is 10.1. The van der Waals surface area contributed by atoms with Crippen molar-refractivity contribution < 1.29 is 0 Å². The summed E-state index contributed by atoms with van der Waals surface area (Å²) in [6.07, 6.45) is 1.80. The molecule has 0 atom stereocenters. The number of nitrogens with zero attached hydrogens (tertiary/aromatic N) is 1. The van der Waals surface area contributed by atoms with E-state index in [-0.39, 0.29) is 0 Å². The fourth-order valence-corrected chi connectivity index (χ4v) is 1.57. The lowest BCUT2D eigenvalue weighted by Crippen LogP contribution is -2.03. The van der Waals surface area contributed by atoms with Crippen molar-refractivity contribution in [2.75, 3.05) is 5.32 Å². The molecule has 0 bridgehead atoms. The number of benzene rings is 1. The van der Waals surface area contributed by atoms with Crippen LogP contribution in [0.15, 0.2) is 42.6 Å². The molecule has 4 heteroatoms. The third-order valence-corrected chi connectivity index (χ3v) is 2.69. The molecule has 0 aliphatic carbocycles. The third kappa shape index (κ3) is 3.44. The van der Waals surface area contributed by atoms with E-state index >= 15 is 0 Å². The van der Waals surface area contributed by atoms with Gasteiger partial charge < -0.3 is 11.1 Å². The highest BCUT2D eigenvalue weighted by atomic mass is 35.5. The van der Waals surface area contributed by atoms with Crippen molar-refractivity contribution >= 4 is 17.3 Å². The number of pyridine rings is 1. The van der Waals surface area contributed by atoms with Gasteiger partial charge in [0.05, 0.1) is 12.2 Å². The summed E-state index contributed by atoms with van der Waals surface area (Å²) >= 11 is 5.81. The standard InChI is InChI=1S/C13H14ClN3/c14-11-2-5-12(6-3-11)17-9-13-4-1-10(7-15)8-16-13/h1-6,8,17H,7,9,15H2. The number of hydrogen-bond donors (Lipinski definition) is 2. The number of nitrogens with one attached hydrogen (secondary N) is 1. The lowest BCUT2D eigenvalue weighted by atomic mass is 10.2. The largest absolute Gasteiger partial charge is 0.379 e. The predicted octanol–water partition coefficient (Wildman–Crippen LogP) is 2.81. The van der Waals surface area contributed by atoms with Crippen LogP contribution in [-0.4, -0.2) is 4.98 Å². The lowest BCUT2D eigenvalue weighted by molar-refractivity contribution is 0.994. The lowest BCUT2D eigenvalue weighted by Gasteiger charge is -2.06. The molecule has 3 nitrogen and oxygen atoms in total. The van der Waals surface area contributed by atoms with Crippen LogP contribution in [0.5, 0.6) is 0 Å². The Bertz CT molecular complexity index is 465. The molecule has 1 aromatic heterocycles. The molecule has 0 saturated carbocycles. The molecule has 1 heterocycles.